The molecule has 0 unspecified atom stereocenters. The van der Waals surface area contributed by atoms with Crippen molar-refractivity contribution in [2.45, 2.75) is 11.8 Å². The predicted molar refractivity (Wildman–Crippen MR) is 71.4 cm³/mol. The van der Waals surface area contributed by atoms with Gasteiger partial charge in [0, 0.05) is 6.54 Å². The summed E-state index contributed by atoms with van der Waals surface area (Å²) in [5, 5.41) is 0. The number of methoxy groups -OCH3 is 1. The SMILES string of the molecule is CCN(CC(N)=O)S(=O)(=O)c1ccccc1C(=O)OC. The van der Waals surface area contributed by atoms with Crippen molar-refractivity contribution in [3.8, 4) is 0 Å². The van der Waals surface area contributed by atoms with Crippen molar-refractivity contribution in [1.82, 2.24) is 4.31 Å². The van der Waals surface area contributed by atoms with Gasteiger partial charge < -0.3 is 10.5 Å². The van der Waals surface area contributed by atoms with Crippen LogP contribution in [0.5, 0.6) is 0 Å². The van der Waals surface area contributed by atoms with Crippen LogP contribution in [0.2, 0.25) is 0 Å². The highest BCUT2D eigenvalue weighted by molar-refractivity contribution is 7.89. The van der Waals surface area contributed by atoms with Crippen LogP contribution >= 0.6 is 0 Å². The lowest BCUT2D eigenvalue weighted by molar-refractivity contribution is -0.118. The molecule has 0 saturated carbocycles. The van der Waals surface area contributed by atoms with Crippen LogP contribution in [-0.4, -0.2) is 44.8 Å². The lowest BCUT2D eigenvalue weighted by Crippen LogP contribution is -2.38. The van der Waals surface area contributed by atoms with Crippen LogP contribution in [-0.2, 0) is 19.6 Å². The zero-order chi connectivity index (χ0) is 15.3. The molecule has 110 valence electrons. The molecule has 20 heavy (non-hydrogen) atoms. The Morgan fingerprint density at radius 2 is 1.90 bits per heavy atom. The van der Waals surface area contributed by atoms with E-state index in [0.29, 0.717) is 0 Å². The zero-order valence-electron chi connectivity index (χ0n) is 11.2. The summed E-state index contributed by atoms with van der Waals surface area (Å²) in [6.45, 7) is 1.18. The van der Waals surface area contributed by atoms with E-state index in [0.717, 1.165) is 11.4 Å². The molecule has 1 rings (SSSR count). The normalized spacial score (nSPS) is 11.3. The highest BCUT2D eigenvalue weighted by Gasteiger charge is 2.29. The number of carbonyl (C=O) groups excluding carboxylic acids is 2. The molecular weight excluding hydrogens is 284 g/mol. The molecular formula is C12H16N2O5S. The van der Waals surface area contributed by atoms with Crippen molar-refractivity contribution < 1.29 is 22.7 Å². The second-order valence-corrected chi connectivity index (χ2v) is 5.79. The summed E-state index contributed by atoms with van der Waals surface area (Å²) < 4.78 is 30.4. The Morgan fingerprint density at radius 3 is 2.40 bits per heavy atom. The van der Waals surface area contributed by atoms with E-state index in [-0.39, 0.29) is 17.0 Å². The van der Waals surface area contributed by atoms with Gasteiger partial charge in [-0.3, -0.25) is 4.79 Å². The lowest BCUT2D eigenvalue weighted by atomic mass is 10.2. The fraction of sp³-hybridized carbons (Fsp3) is 0.333. The third-order valence-electron chi connectivity index (χ3n) is 2.60. The molecule has 1 aromatic rings. The van der Waals surface area contributed by atoms with E-state index in [2.05, 4.69) is 4.74 Å². The van der Waals surface area contributed by atoms with Crippen LogP contribution in [0.3, 0.4) is 0 Å². The van der Waals surface area contributed by atoms with Crippen LogP contribution in [0.15, 0.2) is 29.2 Å². The number of esters is 1. The first kappa shape index (κ1) is 16.1. The fourth-order valence-electron chi connectivity index (χ4n) is 1.65. The molecule has 0 aliphatic carbocycles. The number of benzene rings is 1. The van der Waals surface area contributed by atoms with Gasteiger partial charge >= 0.3 is 5.97 Å². The smallest absolute Gasteiger partial charge is 0.339 e. The summed E-state index contributed by atoms with van der Waals surface area (Å²) in [4.78, 5) is 22.4. The van der Waals surface area contributed by atoms with E-state index >= 15 is 0 Å². The Morgan fingerprint density at radius 1 is 1.30 bits per heavy atom. The first-order chi connectivity index (χ1) is 9.34. The molecule has 0 radical (unpaired) electrons. The van der Waals surface area contributed by atoms with E-state index in [1.165, 1.54) is 24.3 Å². The summed E-state index contributed by atoms with van der Waals surface area (Å²) in [5.41, 5.74) is 4.95. The quantitative estimate of drug-likeness (QED) is 0.742. The highest BCUT2D eigenvalue weighted by Crippen LogP contribution is 2.20. The van der Waals surface area contributed by atoms with Gasteiger partial charge in [0.1, 0.15) is 0 Å². The van der Waals surface area contributed by atoms with E-state index in [9.17, 15) is 18.0 Å². The molecule has 0 atom stereocenters. The third kappa shape index (κ3) is 3.34. The molecule has 2 N–H and O–H groups in total. The van der Waals surface area contributed by atoms with Gasteiger partial charge in [0.05, 0.1) is 24.1 Å². The summed E-state index contributed by atoms with van der Waals surface area (Å²) >= 11 is 0. The number of hydrogen-bond donors (Lipinski definition) is 1. The number of nitrogens with two attached hydrogens (primary N) is 1. The lowest BCUT2D eigenvalue weighted by Gasteiger charge is -2.20. The van der Waals surface area contributed by atoms with E-state index in [4.69, 9.17) is 5.73 Å². The summed E-state index contributed by atoms with van der Waals surface area (Å²) in [7, 11) is -2.84. The topological polar surface area (TPSA) is 107 Å². The summed E-state index contributed by atoms with van der Waals surface area (Å²) in [6.07, 6.45) is 0. The van der Waals surface area contributed by atoms with Crippen molar-refractivity contribution in [2.75, 3.05) is 20.2 Å². The van der Waals surface area contributed by atoms with Crippen LogP contribution < -0.4 is 5.73 Å². The summed E-state index contributed by atoms with van der Waals surface area (Å²) in [5.74, 6) is -1.54. The molecule has 1 amide bonds. The first-order valence-corrected chi connectivity index (χ1v) is 7.24. The Balaban J connectivity index is 3.34. The van der Waals surface area contributed by atoms with E-state index in [1.54, 1.807) is 6.92 Å². The number of nitrogens with zero attached hydrogens (tertiary/aromatic N) is 1. The Kier molecular flexibility index (Phi) is 5.23. The number of primary amides is 1. The van der Waals surface area contributed by atoms with Crippen molar-refractivity contribution in [3.05, 3.63) is 29.8 Å². The molecule has 0 aromatic heterocycles. The molecule has 0 spiro atoms. The van der Waals surface area contributed by atoms with Crippen LogP contribution in [0.25, 0.3) is 0 Å². The number of carbonyl (C=O) groups is 2. The minimum atomic E-state index is -4.00. The number of likely N-dealkylation sites (N-methyl/N-ethyl adjacent to an activating group) is 1. The molecule has 0 fully saturated rings. The van der Waals surface area contributed by atoms with Gasteiger partial charge in [-0.1, -0.05) is 19.1 Å². The average Bonchev–Trinajstić information content (AvgIpc) is 2.43. The minimum Gasteiger partial charge on any atom is -0.465 e. The maximum atomic E-state index is 12.5. The number of ether oxygens (including phenoxy) is 1. The van der Waals surface area contributed by atoms with Crippen molar-refractivity contribution >= 4 is 21.9 Å². The van der Waals surface area contributed by atoms with Gasteiger partial charge in [0.25, 0.3) is 0 Å². The summed E-state index contributed by atoms with van der Waals surface area (Å²) in [6, 6.07) is 5.63. The van der Waals surface area contributed by atoms with Gasteiger partial charge in [-0.05, 0) is 12.1 Å². The Labute approximate surface area is 117 Å². The predicted octanol–water partition coefficient (Wildman–Crippen LogP) is -0.0309. The minimum absolute atomic E-state index is 0.0563. The molecule has 1 aromatic carbocycles. The second-order valence-electron chi connectivity index (χ2n) is 3.89. The number of sulfonamides is 1. The Bertz CT molecular complexity index is 612. The fourth-order valence-corrected chi connectivity index (χ4v) is 3.24. The Hall–Kier alpha value is -1.93. The first-order valence-electron chi connectivity index (χ1n) is 5.80. The van der Waals surface area contributed by atoms with Crippen molar-refractivity contribution in [1.29, 1.82) is 0 Å². The van der Waals surface area contributed by atoms with Gasteiger partial charge in [0.2, 0.25) is 15.9 Å². The van der Waals surface area contributed by atoms with Gasteiger partial charge in [-0.2, -0.15) is 4.31 Å². The maximum Gasteiger partial charge on any atom is 0.339 e. The molecule has 0 saturated heterocycles. The second kappa shape index (κ2) is 6.49. The molecule has 0 bridgehead atoms. The number of rotatable bonds is 6. The standard InChI is InChI=1S/C12H16N2O5S/c1-3-14(8-11(13)15)20(17,18)10-7-5-4-6-9(10)12(16)19-2/h4-7H,3,8H2,1-2H3,(H2,13,15). The van der Waals surface area contributed by atoms with E-state index in [1.807, 2.05) is 0 Å². The molecule has 7 nitrogen and oxygen atoms in total. The van der Waals surface area contributed by atoms with Crippen LogP contribution in [0, 0.1) is 0 Å². The largest absolute Gasteiger partial charge is 0.465 e. The van der Waals surface area contributed by atoms with Crippen LogP contribution in [0.4, 0.5) is 0 Å². The van der Waals surface area contributed by atoms with Gasteiger partial charge in [-0.25, -0.2) is 13.2 Å². The molecule has 0 aliphatic heterocycles. The van der Waals surface area contributed by atoms with Gasteiger partial charge in [0.15, 0.2) is 0 Å². The molecule has 0 aliphatic rings. The maximum absolute atomic E-state index is 12.5. The van der Waals surface area contributed by atoms with E-state index < -0.39 is 28.4 Å². The monoisotopic (exact) mass is 300 g/mol. The van der Waals surface area contributed by atoms with Crippen LogP contribution in [0.1, 0.15) is 17.3 Å². The van der Waals surface area contributed by atoms with Crippen molar-refractivity contribution in [3.63, 3.8) is 0 Å². The average molecular weight is 300 g/mol. The zero-order valence-corrected chi connectivity index (χ0v) is 12.0. The van der Waals surface area contributed by atoms with Gasteiger partial charge in [-0.15, -0.1) is 0 Å². The number of hydrogen-bond acceptors (Lipinski definition) is 5. The highest BCUT2D eigenvalue weighted by atomic mass is 32.2. The number of amides is 1. The molecule has 8 heteroatoms. The van der Waals surface area contributed by atoms with Crippen molar-refractivity contribution in [2.24, 2.45) is 5.73 Å². The third-order valence-corrected chi connectivity index (χ3v) is 4.57. The molecule has 0 heterocycles.